The molecule has 0 unspecified atom stereocenters. The van der Waals surface area contributed by atoms with Gasteiger partial charge in [0.15, 0.2) is 10.8 Å². The number of aromatic nitrogens is 1. The van der Waals surface area contributed by atoms with Gasteiger partial charge in [0, 0.05) is 12.2 Å². The van der Waals surface area contributed by atoms with E-state index in [-0.39, 0.29) is 22.1 Å². The molecule has 2 amide bonds. The van der Waals surface area contributed by atoms with E-state index in [4.69, 9.17) is 17.5 Å². The highest BCUT2D eigenvalue weighted by atomic mass is 32.1. The van der Waals surface area contributed by atoms with Crippen LogP contribution in [0.1, 0.15) is 66.6 Å². The van der Waals surface area contributed by atoms with Gasteiger partial charge in [0.2, 0.25) is 0 Å². The fourth-order valence-electron chi connectivity index (χ4n) is 5.46. The van der Waals surface area contributed by atoms with E-state index in [2.05, 4.69) is 10.3 Å². The van der Waals surface area contributed by atoms with Crippen LogP contribution in [0.4, 0.5) is 28.9 Å². The van der Waals surface area contributed by atoms with Gasteiger partial charge >= 0.3 is 6.18 Å². The van der Waals surface area contributed by atoms with Crippen LogP contribution < -0.4 is 15.1 Å². The van der Waals surface area contributed by atoms with E-state index < -0.39 is 40.6 Å². The quantitative estimate of drug-likeness (QED) is 0.416. The number of halogens is 4. The van der Waals surface area contributed by atoms with E-state index in [9.17, 15) is 22.8 Å². The van der Waals surface area contributed by atoms with Crippen LogP contribution in [0, 0.1) is 23.1 Å². The molecule has 198 valence electrons. The van der Waals surface area contributed by atoms with Gasteiger partial charge < -0.3 is 10.2 Å². The molecule has 0 bridgehead atoms. The number of hydrogen-bond donors (Lipinski definition) is 1. The van der Waals surface area contributed by atoms with E-state index in [1.54, 1.807) is 0 Å². The van der Waals surface area contributed by atoms with Crippen molar-refractivity contribution in [1.82, 2.24) is 10.3 Å². The molecule has 1 N–H and O–H groups in total. The van der Waals surface area contributed by atoms with Crippen molar-refractivity contribution in [2.45, 2.75) is 56.7 Å². The van der Waals surface area contributed by atoms with Gasteiger partial charge in [0.1, 0.15) is 17.4 Å². The van der Waals surface area contributed by atoms with Crippen LogP contribution in [0.2, 0.25) is 0 Å². The number of amides is 2. The molecule has 5 rings (SSSR count). The van der Waals surface area contributed by atoms with Crippen LogP contribution in [0.15, 0.2) is 30.5 Å². The smallest absolute Gasteiger partial charge is 0.352 e. The Morgan fingerprint density at radius 2 is 1.89 bits per heavy atom. The highest BCUT2D eigenvalue weighted by Gasteiger charge is 2.60. The fourth-order valence-corrected chi connectivity index (χ4v) is 5.93. The lowest BCUT2D eigenvalue weighted by Gasteiger charge is -2.43. The minimum absolute atomic E-state index is 0.132. The average Bonchev–Trinajstić information content (AvgIpc) is 3.45. The monoisotopic (exact) mass is 545 g/mol. The third-order valence-corrected chi connectivity index (χ3v) is 7.98. The molecule has 1 aliphatic heterocycles. The average molecular weight is 546 g/mol. The summed E-state index contributed by atoms with van der Waals surface area (Å²) in [6.45, 7) is 0.474. The van der Waals surface area contributed by atoms with E-state index >= 15 is 4.39 Å². The first-order valence-electron chi connectivity index (χ1n) is 12.3. The van der Waals surface area contributed by atoms with Crippen molar-refractivity contribution >= 4 is 40.5 Å². The molecule has 12 heteroatoms. The third-order valence-electron chi connectivity index (χ3n) is 7.62. The van der Waals surface area contributed by atoms with Crippen molar-refractivity contribution in [2.24, 2.45) is 5.92 Å². The predicted octanol–water partition coefficient (Wildman–Crippen LogP) is 5.09. The number of pyridine rings is 1. The van der Waals surface area contributed by atoms with Crippen molar-refractivity contribution in [1.29, 1.82) is 5.26 Å². The molecule has 2 heterocycles. The lowest BCUT2D eigenvalue weighted by molar-refractivity contribution is -0.138. The maximum absolute atomic E-state index is 15.1. The fraction of sp³-hybridized carbons (Fsp3) is 0.423. The van der Waals surface area contributed by atoms with Gasteiger partial charge in [-0.25, -0.2) is 9.37 Å². The summed E-state index contributed by atoms with van der Waals surface area (Å²) in [7, 11) is 0. The number of thiocarbonyl (C=S) groups is 1. The van der Waals surface area contributed by atoms with E-state index in [1.165, 1.54) is 23.1 Å². The number of hydrogen-bond acceptors (Lipinski definition) is 5. The molecule has 1 spiro atoms. The second-order valence-electron chi connectivity index (χ2n) is 9.87. The minimum Gasteiger partial charge on any atom is -0.352 e. The molecule has 7 nitrogen and oxygen atoms in total. The van der Waals surface area contributed by atoms with Crippen LogP contribution in [0.25, 0.3) is 0 Å². The van der Waals surface area contributed by atoms with Crippen molar-refractivity contribution < 1.29 is 27.2 Å². The molecule has 2 saturated carbocycles. The van der Waals surface area contributed by atoms with E-state index in [0.717, 1.165) is 42.8 Å². The number of anilines is 2. The molecular weight excluding hydrogens is 522 g/mol. The van der Waals surface area contributed by atoms with Crippen molar-refractivity contribution in [2.75, 3.05) is 16.3 Å². The number of carbonyl (C=O) groups is 2. The summed E-state index contributed by atoms with van der Waals surface area (Å²) in [5, 5.41) is 11.7. The maximum Gasteiger partial charge on any atom is 0.419 e. The van der Waals surface area contributed by atoms with Gasteiger partial charge in [-0.1, -0.05) is 12.8 Å². The second kappa shape index (κ2) is 9.62. The van der Waals surface area contributed by atoms with Crippen LogP contribution in [0.5, 0.6) is 0 Å². The Balaban J connectivity index is 1.45. The zero-order valence-electron chi connectivity index (χ0n) is 20.1. The first kappa shape index (κ1) is 26.0. The van der Waals surface area contributed by atoms with Crippen LogP contribution >= 0.6 is 12.2 Å². The third kappa shape index (κ3) is 4.28. The summed E-state index contributed by atoms with van der Waals surface area (Å²) in [6.07, 6.45) is 1.81. The topological polar surface area (TPSA) is 89.3 Å². The Hall–Kier alpha value is -3.59. The molecule has 1 aromatic carbocycles. The molecule has 1 saturated heterocycles. The first-order valence-corrected chi connectivity index (χ1v) is 12.7. The minimum atomic E-state index is -4.87. The van der Waals surface area contributed by atoms with Crippen LogP contribution in [0.3, 0.4) is 0 Å². The lowest BCUT2D eigenvalue weighted by Crippen LogP contribution is -2.55. The molecule has 3 fully saturated rings. The van der Waals surface area contributed by atoms with Crippen molar-refractivity contribution in [3.8, 4) is 6.07 Å². The summed E-state index contributed by atoms with van der Waals surface area (Å²) in [5.74, 6) is -1.50. The van der Waals surface area contributed by atoms with Crippen molar-refractivity contribution in [3.05, 3.63) is 53.1 Å². The molecular formula is C26H23F4N5O2S. The largest absolute Gasteiger partial charge is 0.419 e. The Morgan fingerprint density at radius 1 is 1.18 bits per heavy atom. The molecule has 0 atom stereocenters. The van der Waals surface area contributed by atoms with E-state index in [0.29, 0.717) is 37.8 Å². The molecule has 2 aliphatic carbocycles. The van der Waals surface area contributed by atoms with E-state index in [1.807, 2.05) is 0 Å². The lowest BCUT2D eigenvalue weighted by atomic mass is 9.75. The number of nitrogens with one attached hydrogen (secondary N) is 1. The predicted molar refractivity (Wildman–Crippen MR) is 134 cm³/mol. The summed E-state index contributed by atoms with van der Waals surface area (Å²) in [6, 6.07) is 6.00. The number of carbonyl (C=O) groups excluding carboxylic acids is 2. The summed E-state index contributed by atoms with van der Waals surface area (Å²) < 4.78 is 55.8. The van der Waals surface area contributed by atoms with Gasteiger partial charge in [0.05, 0.1) is 23.0 Å². The Morgan fingerprint density at radius 3 is 2.47 bits per heavy atom. The van der Waals surface area contributed by atoms with Crippen LogP contribution in [-0.4, -0.2) is 34.0 Å². The van der Waals surface area contributed by atoms with Crippen LogP contribution in [-0.2, 0) is 11.0 Å². The molecule has 1 aromatic heterocycles. The normalized spacial score (nSPS) is 19.1. The van der Waals surface area contributed by atoms with Gasteiger partial charge in [-0.2, -0.15) is 18.4 Å². The summed E-state index contributed by atoms with van der Waals surface area (Å²) >= 11 is 5.54. The summed E-state index contributed by atoms with van der Waals surface area (Å²) in [5.41, 5.74) is -3.45. The number of rotatable bonds is 5. The molecule has 38 heavy (non-hydrogen) atoms. The number of alkyl halides is 3. The molecule has 2 aromatic rings. The molecule has 0 radical (unpaired) electrons. The highest BCUT2D eigenvalue weighted by Crippen LogP contribution is 2.48. The standard InChI is InChI=1S/C26H23F4N5O2S/c27-20-11-16(6-7-18(20)22(36)33-13-15-4-1-2-5-15)35-24(38)34(23(37)25(35)8-3-9-25)17-10-19(26(28,29)30)21(12-31)32-14-17/h6-7,10-11,14-15H,1-5,8-9,13H2,(H,33,36). The highest BCUT2D eigenvalue weighted by molar-refractivity contribution is 7.81. The van der Waals surface area contributed by atoms with Gasteiger partial charge in [-0.05, 0) is 74.5 Å². The number of benzene rings is 1. The van der Waals surface area contributed by atoms with Gasteiger partial charge in [0.25, 0.3) is 11.8 Å². The zero-order valence-corrected chi connectivity index (χ0v) is 21.0. The SMILES string of the molecule is N#Cc1ncc(N2C(=O)C3(CCC3)N(c3ccc(C(=O)NCC4CCCC4)c(F)c3)C2=S)cc1C(F)(F)F. The second-order valence-corrected chi connectivity index (χ2v) is 10.2. The number of nitrogens with zero attached hydrogens (tertiary/aromatic N) is 4. The Bertz CT molecular complexity index is 1360. The van der Waals surface area contributed by atoms with Gasteiger partial charge in [-0.3, -0.25) is 14.5 Å². The van der Waals surface area contributed by atoms with Crippen molar-refractivity contribution in [3.63, 3.8) is 0 Å². The van der Waals surface area contributed by atoms with Gasteiger partial charge in [-0.15, -0.1) is 0 Å². The Labute approximate surface area is 221 Å². The first-order chi connectivity index (χ1) is 18.1. The maximum atomic E-state index is 15.1. The zero-order chi connectivity index (χ0) is 27.2. The summed E-state index contributed by atoms with van der Waals surface area (Å²) in [4.78, 5) is 32.2. The Kier molecular flexibility index (Phi) is 6.59. The number of nitriles is 1. The molecule has 3 aliphatic rings.